The van der Waals surface area contributed by atoms with Crippen molar-refractivity contribution < 1.29 is 0 Å². The van der Waals surface area contributed by atoms with E-state index in [2.05, 4.69) is 139 Å². The van der Waals surface area contributed by atoms with Crippen LogP contribution in [0.1, 0.15) is 57.3 Å². The van der Waals surface area contributed by atoms with Crippen LogP contribution in [0.25, 0.3) is 57.7 Å². The van der Waals surface area contributed by atoms with Gasteiger partial charge < -0.3 is 15.5 Å². The first-order valence-corrected chi connectivity index (χ1v) is 22.6. The second kappa shape index (κ2) is 24.2. The highest BCUT2D eigenvalue weighted by atomic mass is 15.1. The summed E-state index contributed by atoms with van der Waals surface area (Å²) in [6, 6.07) is 32.7. The second-order valence-corrected chi connectivity index (χ2v) is 16.6. The second-order valence-electron chi connectivity index (χ2n) is 16.6. The molecular formula is C55H59N11. The molecule has 11 heteroatoms. The minimum atomic E-state index is 0.839. The number of aryl methyl sites for hydroxylation is 4. The molecular weight excluding hydrogens is 815 g/mol. The lowest BCUT2D eigenvalue weighted by Gasteiger charge is -2.17. The SMILES string of the molecule is Cc1ccnc(-c2cc(/C=C/c3ccnc(-c4cc(C)ccn4)c3)ccn2)c1.Cc1ccnc(-c2cc(CNCCCN(C)CCCNCc3ccnc(-c4cc(C)ccn4)c3)ccn2)c1. The first kappa shape index (κ1) is 46.8. The summed E-state index contributed by atoms with van der Waals surface area (Å²) in [5.74, 6) is 0. The van der Waals surface area contributed by atoms with Gasteiger partial charge in [0, 0.05) is 62.7 Å². The molecule has 0 aromatic carbocycles. The average molecular weight is 874 g/mol. The fraction of sp³-hybridized carbons (Fsp3) is 0.236. The van der Waals surface area contributed by atoms with E-state index in [9.17, 15) is 0 Å². The van der Waals surface area contributed by atoms with E-state index in [0.717, 1.165) is 109 Å². The molecule has 0 saturated carbocycles. The van der Waals surface area contributed by atoms with Gasteiger partial charge in [0.25, 0.3) is 0 Å². The molecule has 2 N–H and O–H groups in total. The highest BCUT2D eigenvalue weighted by Gasteiger charge is 2.07. The number of hydrogen-bond donors (Lipinski definition) is 2. The van der Waals surface area contributed by atoms with Gasteiger partial charge in [-0.3, -0.25) is 39.9 Å². The van der Waals surface area contributed by atoms with Gasteiger partial charge >= 0.3 is 0 Å². The number of aromatic nitrogens is 8. The predicted molar refractivity (Wildman–Crippen MR) is 268 cm³/mol. The van der Waals surface area contributed by atoms with Crippen molar-refractivity contribution in [3.63, 3.8) is 0 Å². The van der Waals surface area contributed by atoms with Crippen LogP contribution in [0.3, 0.4) is 0 Å². The van der Waals surface area contributed by atoms with Crippen LogP contribution in [0.15, 0.2) is 147 Å². The van der Waals surface area contributed by atoms with Crippen molar-refractivity contribution in [2.24, 2.45) is 0 Å². The number of hydrogen-bond acceptors (Lipinski definition) is 11. The molecule has 0 radical (unpaired) electrons. The summed E-state index contributed by atoms with van der Waals surface area (Å²) < 4.78 is 0. The van der Waals surface area contributed by atoms with E-state index in [1.165, 1.54) is 33.4 Å². The lowest BCUT2D eigenvalue weighted by atomic mass is 10.1. The molecule has 8 aromatic heterocycles. The molecule has 8 heterocycles. The Labute approximate surface area is 389 Å². The molecule has 334 valence electrons. The summed E-state index contributed by atoms with van der Waals surface area (Å²) in [6.45, 7) is 14.1. The summed E-state index contributed by atoms with van der Waals surface area (Å²) in [4.78, 5) is 38.0. The maximum absolute atomic E-state index is 4.49. The molecule has 11 nitrogen and oxygen atoms in total. The van der Waals surface area contributed by atoms with Crippen LogP contribution in [-0.4, -0.2) is 78.0 Å². The Balaban J connectivity index is 0.000000205. The summed E-state index contributed by atoms with van der Waals surface area (Å²) in [6.07, 6.45) is 21.0. The van der Waals surface area contributed by atoms with E-state index in [1.807, 2.05) is 110 Å². The number of nitrogens with zero attached hydrogens (tertiary/aromatic N) is 9. The van der Waals surface area contributed by atoms with E-state index in [4.69, 9.17) is 0 Å². The molecule has 8 rings (SSSR count). The molecule has 0 bridgehead atoms. The highest BCUT2D eigenvalue weighted by Crippen LogP contribution is 2.21. The smallest absolute Gasteiger partial charge is 0.0892 e. The quantitative estimate of drug-likeness (QED) is 0.0799. The van der Waals surface area contributed by atoms with Crippen molar-refractivity contribution >= 4 is 12.2 Å². The van der Waals surface area contributed by atoms with Crippen LogP contribution in [0.2, 0.25) is 0 Å². The van der Waals surface area contributed by atoms with Crippen molar-refractivity contribution in [3.05, 3.63) is 191 Å². The zero-order chi connectivity index (χ0) is 45.9. The minimum Gasteiger partial charge on any atom is -0.313 e. The van der Waals surface area contributed by atoms with Gasteiger partial charge in [-0.25, -0.2) is 0 Å². The standard InChI is InChI=1S/C31H39N7.C24H20N4/c1-24-6-12-34-28(18-24)30-20-26(8-14-36-30)22-32-10-4-16-38(3)17-5-11-33-23-27-9-15-37-31(21-27)29-19-25(2)7-13-35-29;1-17-5-9-25-21(13-17)23-15-19(7-11-27-23)3-4-20-8-12-28-24(16-20)22-14-18(2)6-10-26-22/h6-9,12-15,18-21,32-33H,4-5,10-11,16-17,22-23H2,1-3H3;3-16H,1-2H3/b;4-3+. The summed E-state index contributed by atoms with van der Waals surface area (Å²) in [5, 5.41) is 7.13. The molecule has 8 aromatic rings. The molecule has 0 saturated heterocycles. The number of rotatable bonds is 18. The predicted octanol–water partition coefficient (Wildman–Crippen LogP) is 10.2. The van der Waals surface area contributed by atoms with Crippen molar-refractivity contribution in [3.8, 4) is 45.6 Å². The van der Waals surface area contributed by atoms with Crippen molar-refractivity contribution in [1.82, 2.24) is 55.4 Å². The first-order chi connectivity index (χ1) is 32.2. The zero-order valence-electron chi connectivity index (χ0n) is 38.7. The average Bonchev–Trinajstić information content (AvgIpc) is 3.34. The van der Waals surface area contributed by atoms with Crippen LogP contribution in [-0.2, 0) is 13.1 Å². The molecule has 0 aliphatic carbocycles. The van der Waals surface area contributed by atoms with E-state index < -0.39 is 0 Å². The Hall–Kier alpha value is -7.18. The Morgan fingerprint density at radius 1 is 0.379 bits per heavy atom. The van der Waals surface area contributed by atoms with Gasteiger partial charge in [-0.15, -0.1) is 0 Å². The summed E-state index contributed by atoms with van der Waals surface area (Å²) in [5.41, 5.74) is 16.5. The fourth-order valence-corrected chi connectivity index (χ4v) is 7.25. The van der Waals surface area contributed by atoms with Gasteiger partial charge in [-0.2, -0.15) is 0 Å². The van der Waals surface area contributed by atoms with E-state index in [0.29, 0.717) is 0 Å². The topological polar surface area (TPSA) is 130 Å². The largest absolute Gasteiger partial charge is 0.313 e. The van der Waals surface area contributed by atoms with Crippen LogP contribution in [0.4, 0.5) is 0 Å². The molecule has 0 unspecified atom stereocenters. The van der Waals surface area contributed by atoms with E-state index >= 15 is 0 Å². The van der Waals surface area contributed by atoms with Gasteiger partial charge in [-0.1, -0.05) is 12.2 Å². The molecule has 66 heavy (non-hydrogen) atoms. The molecule has 0 spiro atoms. The third kappa shape index (κ3) is 14.7. The van der Waals surface area contributed by atoms with Gasteiger partial charge in [0.1, 0.15) is 0 Å². The van der Waals surface area contributed by atoms with Crippen LogP contribution in [0, 0.1) is 27.7 Å². The van der Waals surface area contributed by atoms with Crippen LogP contribution in [0.5, 0.6) is 0 Å². The first-order valence-electron chi connectivity index (χ1n) is 22.6. The van der Waals surface area contributed by atoms with Gasteiger partial charge in [0.2, 0.25) is 0 Å². The molecule has 0 aliphatic rings. The molecule has 0 amide bonds. The molecule has 0 atom stereocenters. The van der Waals surface area contributed by atoms with Crippen molar-refractivity contribution in [1.29, 1.82) is 0 Å². The molecule has 0 fully saturated rings. The molecule has 0 aliphatic heterocycles. The van der Waals surface area contributed by atoms with E-state index in [1.54, 1.807) is 0 Å². The Morgan fingerprint density at radius 2 is 0.667 bits per heavy atom. The lowest BCUT2D eigenvalue weighted by Crippen LogP contribution is -2.27. The van der Waals surface area contributed by atoms with Crippen LogP contribution >= 0.6 is 0 Å². The third-order valence-corrected chi connectivity index (χ3v) is 10.8. The Bertz CT molecular complexity index is 2630. The van der Waals surface area contributed by atoms with Crippen molar-refractivity contribution in [2.45, 2.75) is 53.6 Å². The maximum Gasteiger partial charge on any atom is 0.0892 e. The minimum absolute atomic E-state index is 0.839. The summed E-state index contributed by atoms with van der Waals surface area (Å²) >= 11 is 0. The Kier molecular flexibility index (Phi) is 17.2. The lowest BCUT2D eigenvalue weighted by molar-refractivity contribution is 0.320. The van der Waals surface area contributed by atoms with Crippen molar-refractivity contribution in [2.75, 3.05) is 33.2 Å². The maximum atomic E-state index is 4.49. The summed E-state index contributed by atoms with van der Waals surface area (Å²) in [7, 11) is 2.20. The zero-order valence-corrected chi connectivity index (χ0v) is 38.7. The third-order valence-electron chi connectivity index (χ3n) is 10.8. The number of nitrogens with one attached hydrogen (secondary N) is 2. The van der Waals surface area contributed by atoms with Crippen LogP contribution < -0.4 is 10.6 Å². The fourth-order valence-electron chi connectivity index (χ4n) is 7.25. The normalized spacial score (nSPS) is 11.2. The monoisotopic (exact) mass is 873 g/mol. The number of pyridine rings is 8. The van der Waals surface area contributed by atoms with Gasteiger partial charge in [0.15, 0.2) is 0 Å². The van der Waals surface area contributed by atoms with Gasteiger partial charge in [0.05, 0.1) is 45.6 Å². The van der Waals surface area contributed by atoms with Gasteiger partial charge in [-0.05, 0) is 215 Å². The highest BCUT2D eigenvalue weighted by molar-refractivity contribution is 5.73. The Morgan fingerprint density at radius 3 is 1.00 bits per heavy atom. The van der Waals surface area contributed by atoms with E-state index in [-0.39, 0.29) is 0 Å².